The summed E-state index contributed by atoms with van der Waals surface area (Å²) in [6.07, 6.45) is 0. The zero-order valence-electron chi connectivity index (χ0n) is 33.3. The number of anilines is 3. The van der Waals surface area contributed by atoms with Crippen molar-refractivity contribution in [2.75, 3.05) is 4.90 Å². The Bertz CT molecular complexity index is 3430. The molecular formula is C57H39NO2. The van der Waals surface area contributed by atoms with Crippen LogP contribution >= 0.6 is 0 Å². The lowest BCUT2D eigenvalue weighted by molar-refractivity contribution is 0.653. The Balaban J connectivity index is 1.04. The fourth-order valence-electron chi connectivity index (χ4n) is 9.77. The minimum Gasteiger partial charge on any atom is -0.455 e. The van der Waals surface area contributed by atoms with Gasteiger partial charge in [-0.25, -0.2) is 0 Å². The van der Waals surface area contributed by atoms with Crippen molar-refractivity contribution in [1.29, 1.82) is 0 Å². The maximum Gasteiger partial charge on any atom is 0.144 e. The van der Waals surface area contributed by atoms with Crippen LogP contribution in [-0.2, 0) is 5.41 Å². The first-order valence-electron chi connectivity index (χ1n) is 20.7. The molecular weight excluding hydrogens is 731 g/mol. The van der Waals surface area contributed by atoms with Gasteiger partial charge in [0.25, 0.3) is 0 Å². The van der Waals surface area contributed by atoms with Gasteiger partial charge in [0, 0.05) is 60.7 Å². The van der Waals surface area contributed by atoms with Gasteiger partial charge in [0.2, 0.25) is 0 Å². The molecule has 0 unspecified atom stereocenters. The van der Waals surface area contributed by atoms with Crippen LogP contribution in [0.25, 0.3) is 88.4 Å². The third kappa shape index (κ3) is 5.15. The number of hydrogen-bond acceptors (Lipinski definition) is 3. The number of nitrogens with zero attached hydrogens (tertiary/aromatic N) is 1. The van der Waals surface area contributed by atoms with E-state index in [9.17, 15) is 0 Å². The summed E-state index contributed by atoms with van der Waals surface area (Å²) in [5, 5.41) is 4.43. The van der Waals surface area contributed by atoms with Gasteiger partial charge in [-0.05, 0) is 87.5 Å². The lowest BCUT2D eigenvalue weighted by Crippen LogP contribution is -2.15. The molecule has 0 saturated carbocycles. The standard InChI is InChI=1S/C57H39NO2/c1-57(2)49-25-11-9-20-46(49)53-50(57)35-48(45-23-14-22-44-43-19-10-12-26-51(43)59-55(44)45)52-47-24-13-21-42(54(47)60-56(52)53)38-29-33-41(34-30-38)58(39-17-7-4-8-18-39)40-31-27-37(28-32-40)36-15-5-3-6-16-36/h3-35H,1-2H3. The summed E-state index contributed by atoms with van der Waals surface area (Å²) in [6.45, 7) is 4.67. The molecule has 3 heteroatoms. The largest absolute Gasteiger partial charge is 0.455 e. The maximum atomic E-state index is 7.29. The van der Waals surface area contributed by atoms with Gasteiger partial charge in [0.15, 0.2) is 0 Å². The zero-order chi connectivity index (χ0) is 40.0. The molecule has 12 rings (SSSR count). The molecule has 284 valence electrons. The van der Waals surface area contributed by atoms with Gasteiger partial charge in [0.1, 0.15) is 22.3 Å². The first kappa shape index (κ1) is 34.4. The quantitative estimate of drug-likeness (QED) is 0.169. The van der Waals surface area contributed by atoms with E-state index in [2.05, 4.69) is 213 Å². The monoisotopic (exact) mass is 769 g/mol. The van der Waals surface area contributed by atoms with Crippen LogP contribution in [-0.4, -0.2) is 0 Å². The average Bonchev–Trinajstić information content (AvgIpc) is 3.96. The number of rotatable bonds is 6. The molecule has 0 saturated heterocycles. The van der Waals surface area contributed by atoms with E-state index in [1.165, 1.54) is 33.4 Å². The zero-order valence-corrected chi connectivity index (χ0v) is 33.3. The van der Waals surface area contributed by atoms with E-state index in [1.54, 1.807) is 0 Å². The number of furan rings is 2. The van der Waals surface area contributed by atoms with Crippen molar-refractivity contribution in [2.24, 2.45) is 0 Å². The van der Waals surface area contributed by atoms with Crippen molar-refractivity contribution in [3.63, 3.8) is 0 Å². The lowest BCUT2D eigenvalue weighted by Gasteiger charge is -2.26. The van der Waals surface area contributed by atoms with Crippen LogP contribution in [0.2, 0.25) is 0 Å². The predicted octanol–water partition coefficient (Wildman–Crippen LogP) is 16.3. The highest BCUT2D eigenvalue weighted by Gasteiger charge is 2.39. The van der Waals surface area contributed by atoms with E-state index in [1.807, 2.05) is 6.07 Å². The highest BCUT2D eigenvalue weighted by atomic mass is 16.3. The Morgan fingerprint density at radius 1 is 0.367 bits per heavy atom. The molecule has 11 aromatic rings. The van der Waals surface area contributed by atoms with Crippen molar-refractivity contribution in [2.45, 2.75) is 19.3 Å². The van der Waals surface area contributed by atoms with Gasteiger partial charge in [-0.1, -0.05) is 166 Å². The third-order valence-electron chi connectivity index (χ3n) is 12.7. The van der Waals surface area contributed by atoms with E-state index < -0.39 is 0 Å². The maximum absolute atomic E-state index is 7.29. The van der Waals surface area contributed by atoms with Crippen LogP contribution in [0, 0.1) is 0 Å². The summed E-state index contributed by atoms with van der Waals surface area (Å²) in [4.78, 5) is 2.31. The van der Waals surface area contributed by atoms with Gasteiger partial charge < -0.3 is 13.7 Å². The van der Waals surface area contributed by atoms with E-state index in [4.69, 9.17) is 8.83 Å². The summed E-state index contributed by atoms with van der Waals surface area (Å²) in [6, 6.07) is 71.5. The van der Waals surface area contributed by atoms with E-state index in [0.29, 0.717) is 0 Å². The number of benzene rings is 9. The molecule has 1 aliphatic rings. The number of hydrogen-bond donors (Lipinski definition) is 0. The number of para-hydroxylation sites is 4. The van der Waals surface area contributed by atoms with E-state index in [-0.39, 0.29) is 5.41 Å². The summed E-state index contributed by atoms with van der Waals surface area (Å²) in [5.41, 5.74) is 18.4. The fourth-order valence-corrected chi connectivity index (χ4v) is 9.77. The SMILES string of the molecule is CC1(C)c2ccccc2-c2c1cc(-c1cccc3c1oc1ccccc13)c1c2oc2c(-c3ccc(N(c4ccccc4)c4ccc(-c5ccccc5)cc4)cc3)cccc21. The van der Waals surface area contributed by atoms with Crippen LogP contribution in [0.3, 0.4) is 0 Å². The first-order valence-corrected chi connectivity index (χ1v) is 20.7. The third-order valence-corrected chi connectivity index (χ3v) is 12.7. The smallest absolute Gasteiger partial charge is 0.144 e. The van der Waals surface area contributed by atoms with Gasteiger partial charge in [-0.2, -0.15) is 0 Å². The molecule has 0 radical (unpaired) electrons. The Labute approximate surface area is 348 Å². The minimum atomic E-state index is -0.221. The molecule has 60 heavy (non-hydrogen) atoms. The Morgan fingerprint density at radius 2 is 0.917 bits per heavy atom. The van der Waals surface area contributed by atoms with Gasteiger partial charge >= 0.3 is 0 Å². The molecule has 9 aromatic carbocycles. The van der Waals surface area contributed by atoms with Crippen molar-refractivity contribution in [3.8, 4) is 44.5 Å². The van der Waals surface area contributed by atoms with Crippen LogP contribution in [0.15, 0.2) is 209 Å². The first-order chi connectivity index (χ1) is 29.5. The van der Waals surface area contributed by atoms with E-state index in [0.717, 1.165) is 83.2 Å². The van der Waals surface area contributed by atoms with Crippen LogP contribution < -0.4 is 4.90 Å². The molecule has 0 spiro atoms. The molecule has 0 bridgehead atoms. The second-order valence-corrected chi connectivity index (χ2v) is 16.4. The van der Waals surface area contributed by atoms with Gasteiger partial charge in [-0.15, -0.1) is 0 Å². The van der Waals surface area contributed by atoms with Crippen LogP contribution in [0.4, 0.5) is 17.1 Å². The van der Waals surface area contributed by atoms with Gasteiger partial charge in [0.05, 0.1) is 0 Å². The molecule has 0 N–H and O–H groups in total. The number of fused-ring (bicyclic) bond motifs is 10. The highest BCUT2D eigenvalue weighted by molar-refractivity contribution is 6.22. The van der Waals surface area contributed by atoms with Crippen molar-refractivity contribution >= 4 is 60.9 Å². The van der Waals surface area contributed by atoms with Crippen molar-refractivity contribution in [1.82, 2.24) is 0 Å². The topological polar surface area (TPSA) is 29.5 Å². The predicted molar refractivity (Wildman–Crippen MR) is 250 cm³/mol. The second kappa shape index (κ2) is 13.2. The van der Waals surface area contributed by atoms with E-state index >= 15 is 0 Å². The lowest BCUT2D eigenvalue weighted by atomic mass is 9.81. The summed E-state index contributed by atoms with van der Waals surface area (Å²) in [7, 11) is 0. The fraction of sp³-hybridized carbons (Fsp3) is 0.0526. The van der Waals surface area contributed by atoms with Gasteiger partial charge in [-0.3, -0.25) is 0 Å². The summed E-state index contributed by atoms with van der Waals surface area (Å²) in [5.74, 6) is 0. The van der Waals surface area contributed by atoms with Crippen LogP contribution in [0.1, 0.15) is 25.0 Å². The Morgan fingerprint density at radius 3 is 1.68 bits per heavy atom. The molecule has 0 aliphatic heterocycles. The Hall–Kier alpha value is -7.62. The second-order valence-electron chi connectivity index (χ2n) is 16.4. The minimum absolute atomic E-state index is 0.221. The van der Waals surface area contributed by atoms with Crippen molar-refractivity contribution < 1.29 is 8.83 Å². The molecule has 1 aliphatic carbocycles. The van der Waals surface area contributed by atoms with Crippen molar-refractivity contribution in [3.05, 3.63) is 211 Å². The molecule has 0 fully saturated rings. The highest BCUT2D eigenvalue weighted by Crippen LogP contribution is 2.56. The molecule has 3 nitrogen and oxygen atoms in total. The Kier molecular flexibility index (Phi) is 7.58. The van der Waals surface area contributed by atoms with Crippen LogP contribution in [0.5, 0.6) is 0 Å². The molecule has 2 aromatic heterocycles. The summed E-state index contributed by atoms with van der Waals surface area (Å²) < 4.78 is 14.0. The molecule has 2 heterocycles. The average molecular weight is 770 g/mol. The molecule has 0 amide bonds. The summed E-state index contributed by atoms with van der Waals surface area (Å²) >= 11 is 0. The molecule has 0 atom stereocenters. The normalized spacial score (nSPS) is 13.0.